The number of benzene rings is 2. The highest BCUT2D eigenvalue weighted by Gasteiger charge is 2.21. The lowest BCUT2D eigenvalue weighted by Crippen LogP contribution is -2.49. The quantitative estimate of drug-likeness (QED) is 0.722. The van der Waals surface area contributed by atoms with Crippen molar-refractivity contribution in [2.24, 2.45) is 0 Å². The van der Waals surface area contributed by atoms with Gasteiger partial charge in [0.05, 0.1) is 7.11 Å². The van der Waals surface area contributed by atoms with Crippen LogP contribution in [0.4, 0.5) is 0 Å². The monoisotopic (exact) mass is 418 g/mol. The van der Waals surface area contributed by atoms with Gasteiger partial charge in [0, 0.05) is 37.2 Å². The minimum absolute atomic E-state index is 0.0362. The van der Waals surface area contributed by atoms with Gasteiger partial charge in [-0.25, -0.2) is 0 Å². The van der Waals surface area contributed by atoms with E-state index in [4.69, 9.17) is 9.47 Å². The number of methoxy groups -OCH3 is 1. The molecule has 0 aromatic heterocycles. The van der Waals surface area contributed by atoms with Crippen molar-refractivity contribution >= 4 is 21.8 Å². The van der Waals surface area contributed by atoms with E-state index in [1.165, 1.54) is 5.56 Å². The summed E-state index contributed by atoms with van der Waals surface area (Å²) in [7, 11) is 1.67. The van der Waals surface area contributed by atoms with Gasteiger partial charge in [0.1, 0.15) is 11.5 Å². The van der Waals surface area contributed by atoms with Crippen LogP contribution in [0, 0.1) is 0 Å². The molecule has 0 bridgehead atoms. The SMILES string of the molecule is COc1ccc(CN2CCN(C(=O)COc3cccc(Br)c3)CC2)cc1. The highest BCUT2D eigenvalue weighted by Crippen LogP contribution is 2.18. The summed E-state index contributed by atoms with van der Waals surface area (Å²) in [4.78, 5) is 16.6. The smallest absolute Gasteiger partial charge is 0.260 e. The van der Waals surface area contributed by atoms with Gasteiger partial charge in [-0.3, -0.25) is 9.69 Å². The van der Waals surface area contributed by atoms with Gasteiger partial charge in [0.2, 0.25) is 0 Å². The van der Waals surface area contributed by atoms with Crippen LogP contribution in [-0.4, -0.2) is 55.6 Å². The first-order chi connectivity index (χ1) is 12.6. The molecular formula is C20H23BrN2O3. The molecule has 1 fully saturated rings. The summed E-state index contributed by atoms with van der Waals surface area (Å²) in [5, 5.41) is 0. The number of rotatable bonds is 6. The molecule has 0 spiro atoms. The standard InChI is InChI=1S/C20H23BrN2O3/c1-25-18-7-5-16(6-8-18)14-22-9-11-23(12-10-22)20(24)15-26-19-4-2-3-17(21)13-19/h2-8,13H,9-12,14-15H2,1H3. The largest absolute Gasteiger partial charge is 0.497 e. The average molecular weight is 419 g/mol. The van der Waals surface area contributed by atoms with Crippen molar-refractivity contribution in [2.75, 3.05) is 39.9 Å². The second-order valence-electron chi connectivity index (χ2n) is 6.25. The summed E-state index contributed by atoms with van der Waals surface area (Å²) < 4.78 is 11.7. The first-order valence-electron chi connectivity index (χ1n) is 8.65. The maximum atomic E-state index is 12.3. The van der Waals surface area contributed by atoms with Gasteiger partial charge >= 0.3 is 0 Å². The number of carbonyl (C=O) groups is 1. The molecule has 1 aliphatic rings. The predicted molar refractivity (Wildman–Crippen MR) is 104 cm³/mol. The fourth-order valence-electron chi connectivity index (χ4n) is 2.94. The van der Waals surface area contributed by atoms with Gasteiger partial charge in [-0.2, -0.15) is 0 Å². The van der Waals surface area contributed by atoms with Crippen molar-refractivity contribution < 1.29 is 14.3 Å². The van der Waals surface area contributed by atoms with E-state index >= 15 is 0 Å². The summed E-state index contributed by atoms with van der Waals surface area (Å²) in [6, 6.07) is 15.7. The van der Waals surface area contributed by atoms with E-state index in [0.717, 1.165) is 42.9 Å². The second kappa shape index (κ2) is 9.05. The lowest BCUT2D eigenvalue weighted by atomic mass is 10.2. The number of ether oxygens (including phenoxy) is 2. The van der Waals surface area contributed by atoms with Gasteiger partial charge in [-0.05, 0) is 35.9 Å². The van der Waals surface area contributed by atoms with Crippen LogP contribution in [0.5, 0.6) is 11.5 Å². The second-order valence-corrected chi connectivity index (χ2v) is 7.17. The Labute approximate surface area is 162 Å². The molecule has 5 nitrogen and oxygen atoms in total. The molecule has 26 heavy (non-hydrogen) atoms. The highest BCUT2D eigenvalue weighted by atomic mass is 79.9. The Bertz CT molecular complexity index is 728. The Morgan fingerprint density at radius 2 is 1.77 bits per heavy atom. The molecule has 1 amide bonds. The number of piperazine rings is 1. The van der Waals surface area contributed by atoms with Crippen LogP contribution in [0.3, 0.4) is 0 Å². The number of carbonyl (C=O) groups excluding carboxylic acids is 1. The molecule has 1 heterocycles. The van der Waals surface area contributed by atoms with E-state index in [1.807, 2.05) is 41.3 Å². The maximum absolute atomic E-state index is 12.3. The van der Waals surface area contributed by atoms with Crippen molar-refractivity contribution in [3.05, 3.63) is 58.6 Å². The zero-order valence-electron chi connectivity index (χ0n) is 14.9. The van der Waals surface area contributed by atoms with Crippen molar-refractivity contribution in [1.82, 2.24) is 9.80 Å². The normalized spacial score (nSPS) is 14.9. The molecule has 0 radical (unpaired) electrons. The summed E-state index contributed by atoms with van der Waals surface area (Å²) in [6.45, 7) is 4.17. The summed E-state index contributed by atoms with van der Waals surface area (Å²) in [5.74, 6) is 1.61. The first kappa shape index (κ1) is 18.7. The van der Waals surface area contributed by atoms with E-state index < -0.39 is 0 Å². The molecule has 0 aliphatic carbocycles. The summed E-state index contributed by atoms with van der Waals surface area (Å²) in [6.07, 6.45) is 0. The topological polar surface area (TPSA) is 42.0 Å². The molecule has 138 valence electrons. The van der Waals surface area contributed by atoms with E-state index in [0.29, 0.717) is 5.75 Å². The zero-order chi connectivity index (χ0) is 18.4. The summed E-state index contributed by atoms with van der Waals surface area (Å²) in [5.41, 5.74) is 1.25. The van der Waals surface area contributed by atoms with E-state index in [1.54, 1.807) is 7.11 Å². The number of hydrogen-bond acceptors (Lipinski definition) is 4. The Morgan fingerprint density at radius 3 is 2.42 bits per heavy atom. The number of amides is 1. The van der Waals surface area contributed by atoms with E-state index in [-0.39, 0.29) is 12.5 Å². The summed E-state index contributed by atoms with van der Waals surface area (Å²) >= 11 is 3.40. The third-order valence-corrected chi connectivity index (χ3v) is 4.94. The minimum atomic E-state index is 0.0362. The lowest BCUT2D eigenvalue weighted by molar-refractivity contribution is -0.135. The van der Waals surface area contributed by atoms with Crippen LogP contribution in [-0.2, 0) is 11.3 Å². The molecule has 6 heteroatoms. The Hall–Kier alpha value is -2.05. The van der Waals surface area contributed by atoms with Gasteiger partial charge in [-0.1, -0.05) is 34.1 Å². The Morgan fingerprint density at radius 1 is 1.04 bits per heavy atom. The van der Waals surface area contributed by atoms with Crippen LogP contribution in [0.25, 0.3) is 0 Å². The van der Waals surface area contributed by atoms with Crippen molar-refractivity contribution in [3.63, 3.8) is 0 Å². The van der Waals surface area contributed by atoms with Crippen LogP contribution < -0.4 is 9.47 Å². The molecule has 0 atom stereocenters. The number of halogens is 1. The van der Waals surface area contributed by atoms with E-state index in [9.17, 15) is 4.79 Å². The predicted octanol–water partition coefficient (Wildman–Crippen LogP) is 3.18. The fourth-order valence-corrected chi connectivity index (χ4v) is 3.32. The van der Waals surface area contributed by atoms with Gasteiger partial charge in [-0.15, -0.1) is 0 Å². The molecule has 0 unspecified atom stereocenters. The van der Waals surface area contributed by atoms with Crippen LogP contribution in [0.2, 0.25) is 0 Å². The maximum Gasteiger partial charge on any atom is 0.260 e. The average Bonchev–Trinajstić information content (AvgIpc) is 2.67. The minimum Gasteiger partial charge on any atom is -0.497 e. The molecule has 0 saturated carbocycles. The van der Waals surface area contributed by atoms with Crippen molar-refractivity contribution in [1.29, 1.82) is 0 Å². The zero-order valence-corrected chi connectivity index (χ0v) is 16.4. The van der Waals surface area contributed by atoms with Crippen LogP contribution in [0.15, 0.2) is 53.0 Å². The van der Waals surface area contributed by atoms with Crippen LogP contribution in [0.1, 0.15) is 5.56 Å². The lowest BCUT2D eigenvalue weighted by Gasteiger charge is -2.34. The Balaban J connectivity index is 1.43. The molecule has 3 rings (SSSR count). The highest BCUT2D eigenvalue weighted by molar-refractivity contribution is 9.10. The molecule has 2 aromatic carbocycles. The van der Waals surface area contributed by atoms with E-state index in [2.05, 4.69) is 33.0 Å². The molecule has 1 saturated heterocycles. The molecular weight excluding hydrogens is 396 g/mol. The third-order valence-electron chi connectivity index (χ3n) is 4.45. The molecule has 0 N–H and O–H groups in total. The molecule has 1 aliphatic heterocycles. The van der Waals surface area contributed by atoms with Gasteiger partial charge in [0.25, 0.3) is 5.91 Å². The first-order valence-corrected chi connectivity index (χ1v) is 9.45. The van der Waals surface area contributed by atoms with Crippen LogP contribution >= 0.6 is 15.9 Å². The third kappa shape index (κ3) is 5.22. The molecule has 2 aromatic rings. The van der Waals surface area contributed by atoms with Crippen molar-refractivity contribution in [3.8, 4) is 11.5 Å². The number of nitrogens with zero attached hydrogens (tertiary/aromatic N) is 2. The van der Waals surface area contributed by atoms with Gasteiger partial charge in [0.15, 0.2) is 6.61 Å². The van der Waals surface area contributed by atoms with Crippen molar-refractivity contribution in [2.45, 2.75) is 6.54 Å². The Kier molecular flexibility index (Phi) is 6.52. The number of hydrogen-bond donors (Lipinski definition) is 0. The van der Waals surface area contributed by atoms with Gasteiger partial charge < -0.3 is 14.4 Å². The fraction of sp³-hybridized carbons (Fsp3) is 0.350.